The standard InChI is InChI=1S/C9H12ClN3S/c1-5-4-14-8(7(5)10)9(13-11)12-6-2-3-6/h4,6H,2-3,11H2,1H3,(H,12,13). The minimum Gasteiger partial charge on any atom is -0.308 e. The molecule has 1 fully saturated rings. The van der Waals surface area contributed by atoms with Crippen molar-refractivity contribution in [2.24, 2.45) is 10.8 Å². The molecular formula is C9H12ClN3S. The normalized spacial score (nSPS) is 17.2. The third-order valence-corrected chi connectivity index (χ3v) is 3.81. The summed E-state index contributed by atoms with van der Waals surface area (Å²) in [6.45, 7) is 1.98. The molecule has 1 aliphatic rings. The largest absolute Gasteiger partial charge is 0.308 e. The fraction of sp³-hybridized carbons (Fsp3) is 0.444. The molecule has 0 radical (unpaired) electrons. The molecule has 0 atom stereocenters. The smallest absolute Gasteiger partial charge is 0.154 e. The van der Waals surface area contributed by atoms with Gasteiger partial charge in [-0.25, -0.2) is 5.84 Å². The molecule has 5 heteroatoms. The van der Waals surface area contributed by atoms with Gasteiger partial charge in [-0.15, -0.1) is 11.3 Å². The predicted molar refractivity (Wildman–Crippen MR) is 60.9 cm³/mol. The van der Waals surface area contributed by atoms with Crippen molar-refractivity contribution in [3.8, 4) is 0 Å². The molecule has 1 heterocycles. The minimum atomic E-state index is 0.444. The van der Waals surface area contributed by atoms with Crippen molar-refractivity contribution in [3.63, 3.8) is 0 Å². The van der Waals surface area contributed by atoms with Gasteiger partial charge in [0.25, 0.3) is 0 Å². The van der Waals surface area contributed by atoms with Gasteiger partial charge in [0.15, 0.2) is 5.84 Å². The third kappa shape index (κ3) is 1.92. The van der Waals surface area contributed by atoms with Crippen LogP contribution in [0.2, 0.25) is 5.02 Å². The lowest BCUT2D eigenvalue weighted by Gasteiger charge is -2.03. The van der Waals surface area contributed by atoms with E-state index in [1.54, 1.807) is 11.3 Å². The van der Waals surface area contributed by atoms with Crippen molar-refractivity contribution in [1.82, 2.24) is 5.43 Å². The van der Waals surface area contributed by atoms with Gasteiger partial charge in [-0.2, -0.15) is 0 Å². The van der Waals surface area contributed by atoms with Crippen LogP contribution < -0.4 is 11.3 Å². The molecule has 0 aromatic carbocycles. The zero-order chi connectivity index (χ0) is 10.1. The fourth-order valence-electron chi connectivity index (χ4n) is 1.14. The van der Waals surface area contributed by atoms with Crippen molar-refractivity contribution in [3.05, 3.63) is 20.8 Å². The van der Waals surface area contributed by atoms with Crippen molar-refractivity contribution >= 4 is 28.8 Å². The Kier molecular flexibility index (Phi) is 2.76. The Morgan fingerprint density at radius 3 is 2.86 bits per heavy atom. The van der Waals surface area contributed by atoms with E-state index in [0.717, 1.165) is 34.1 Å². The lowest BCUT2D eigenvalue weighted by atomic mass is 10.3. The van der Waals surface area contributed by atoms with Crippen LogP contribution in [0, 0.1) is 6.92 Å². The van der Waals surface area contributed by atoms with Gasteiger partial charge in [-0.1, -0.05) is 11.6 Å². The summed E-state index contributed by atoms with van der Waals surface area (Å²) in [5.74, 6) is 6.14. The van der Waals surface area contributed by atoms with Gasteiger partial charge in [-0.05, 0) is 30.7 Å². The van der Waals surface area contributed by atoms with Crippen LogP contribution in [0.25, 0.3) is 0 Å². The summed E-state index contributed by atoms with van der Waals surface area (Å²) < 4.78 is 0. The summed E-state index contributed by atoms with van der Waals surface area (Å²) in [5.41, 5.74) is 3.69. The van der Waals surface area contributed by atoms with E-state index in [-0.39, 0.29) is 0 Å². The van der Waals surface area contributed by atoms with Crippen LogP contribution in [0.3, 0.4) is 0 Å². The van der Waals surface area contributed by atoms with E-state index in [2.05, 4.69) is 10.4 Å². The lowest BCUT2D eigenvalue weighted by Crippen LogP contribution is -2.31. The van der Waals surface area contributed by atoms with Gasteiger partial charge in [0, 0.05) is 0 Å². The zero-order valence-electron chi connectivity index (χ0n) is 7.88. The van der Waals surface area contributed by atoms with Crippen molar-refractivity contribution < 1.29 is 0 Å². The van der Waals surface area contributed by atoms with Gasteiger partial charge in [0.1, 0.15) is 0 Å². The molecule has 0 unspecified atom stereocenters. The molecule has 0 saturated heterocycles. The minimum absolute atomic E-state index is 0.444. The van der Waals surface area contributed by atoms with Crippen LogP contribution in [0.5, 0.6) is 0 Å². The van der Waals surface area contributed by atoms with E-state index < -0.39 is 0 Å². The molecule has 1 aromatic heterocycles. The first-order chi connectivity index (χ1) is 6.72. The monoisotopic (exact) mass is 229 g/mol. The number of hydrogen-bond donors (Lipinski definition) is 2. The van der Waals surface area contributed by atoms with Crippen LogP contribution in [0.15, 0.2) is 10.4 Å². The molecule has 14 heavy (non-hydrogen) atoms. The highest BCUT2D eigenvalue weighted by Gasteiger charge is 2.22. The number of rotatable bonds is 2. The fourth-order valence-corrected chi connectivity index (χ4v) is 2.38. The topological polar surface area (TPSA) is 50.4 Å². The highest BCUT2D eigenvalue weighted by Crippen LogP contribution is 2.29. The van der Waals surface area contributed by atoms with Crippen LogP contribution in [0.1, 0.15) is 23.3 Å². The second-order valence-electron chi connectivity index (χ2n) is 3.42. The van der Waals surface area contributed by atoms with Gasteiger partial charge >= 0.3 is 0 Å². The summed E-state index contributed by atoms with van der Waals surface area (Å²) in [6, 6.07) is 0.444. The Morgan fingerprint density at radius 2 is 2.43 bits per heavy atom. The zero-order valence-corrected chi connectivity index (χ0v) is 9.45. The number of amidine groups is 1. The molecule has 1 aromatic rings. The molecule has 0 amide bonds. The molecule has 1 saturated carbocycles. The number of hydrogen-bond acceptors (Lipinski definition) is 3. The first-order valence-electron chi connectivity index (χ1n) is 4.50. The molecule has 1 aliphatic carbocycles. The predicted octanol–water partition coefficient (Wildman–Crippen LogP) is 2.08. The van der Waals surface area contributed by atoms with Gasteiger partial charge in [0.05, 0.1) is 15.9 Å². The number of nitrogens with two attached hydrogens (primary N) is 1. The highest BCUT2D eigenvalue weighted by molar-refractivity contribution is 7.13. The van der Waals surface area contributed by atoms with Gasteiger partial charge < -0.3 is 5.43 Å². The molecule has 3 N–H and O–H groups in total. The van der Waals surface area contributed by atoms with E-state index in [1.165, 1.54) is 0 Å². The average Bonchev–Trinajstić information content (AvgIpc) is 2.94. The van der Waals surface area contributed by atoms with Crippen molar-refractivity contribution in [2.75, 3.05) is 0 Å². The number of thiophene rings is 1. The average molecular weight is 230 g/mol. The van der Waals surface area contributed by atoms with E-state index in [0.29, 0.717) is 6.04 Å². The lowest BCUT2D eigenvalue weighted by molar-refractivity contribution is 0.974. The Balaban J connectivity index is 2.30. The van der Waals surface area contributed by atoms with Crippen LogP contribution in [-0.4, -0.2) is 11.9 Å². The molecule has 0 spiro atoms. The number of nitrogens with zero attached hydrogens (tertiary/aromatic N) is 1. The molecule has 76 valence electrons. The summed E-state index contributed by atoms with van der Waals surface area (Å²) >= 11 is 7.69. The molecule has 0 aliphatic heterocycles. The van der Waals surface area contributed by atoms with Crippen LogP contribution in [-0.2, 0) is 0 Å². The van der Waals surface area contributed by atoms with E-state index in [1.807, 2.05) is 12.3 Å². The maximum Gasteiger partial charge on any atom is 0.154 e. The van der Waals surface area contributed by atoms with E-state index in [4.69, 9.17) is 17.4 Å². The number of hydrazine groups is 1. The summed E-state index contributed by atoms with van der Waals surface area (Å²) in [5, 5.41) is 2.77. The SMILES string of the molecule is Cc1csc(C(=NC2CC2)NN)c1Cl. The van der Waals surface area contributed by atoms with Crippen molar-refractivity contribution in [2.45, 2.75) is 25.8 Å². The molecule has 0 bridgehead atoms. The Labute approximate surface area is 91.9 Å². The molecule has 2 rings (SSSR count). The maximum atomic E-state index is 6.12. The maximum absolute atomic E-state index is 6.12. The third-order valence-electron chi connectivity index (χ3n) is 2.11. The first-order valence-corrected chi connectivity index (χ1v) is 5.76. The quantitative estimate of drug-likeness (QED) is 0.353. The Hall–Kier alpha value is -0.580. The summed E-state index contributed by atoms with van der Waals surface area (Å²) in [6.07, 6.45) is 2.32. The number of nitrogens with one attached hydrogen (secondary N) is 1. The summed E-state index contributed by atoms with van der Waals surface area (Å²) in [4.78, 5) is 5.40. The summed E-state index contributed by atoms with van der Waals surface area (Å²) in [7, 11) is 0. The second kappa shape index (κ2) is 3.88. The van der Waals surface area contributed by atoms with Gasteiger partial charge in [0.2, 0.25) is 0 Å². The first kappa shape index (κ1) is 9.96. The Bertz CT molecular complexity index is 368. The van der Waals surface area contributed by atoms with Crippen LogP contribution in [0.4, 0.5) is 0 Å². The number of halogens is 1. The highest BCUT2D eigenvalue weighted by atomic mass is 35.5. The van der Waals surface area contributed by atoms with Crippen LogP contribution >= 0.6 is 22.9 Å². The van der Waals surface area contributed by atoms with E-state index >= 15 is 0 Å². The number of aryl methyl sites for hydroxylation is 1. The second-order valence-corrected chi connectivity index (χ2v) is 4.67. The Morgan fingerprint density at radius 1 is 1.71 bits per heavy atom. The van der Waals surface area contributed by atoms with E-state index in [9.17, 15) is 0 Å². The number of aliphatic imine (C=N–C) groups is 1. The van der Waals surface area contributed by atoms with Gasteiger partial charge in [-0.3, -0.25) is 4.99 Å². The molecular weight excluding hydrogens is 218 g/mol. The van der Waals surface area contributed by atoms with Crippen molar-refractivity contribution in [1.29, 1.82) is 0 Å². The molecule has 3 nitrogen and oxygen atoms in total.